The van der Waals surface area contributed by atoms with Crippen molar-refractivity contribution in [2.24, 2.45) is 0 Å². The van der Waals surface area contributed by atoms with Crippen molar-refractivity contribution < 1.29 is 23.9 Å². The molecule has 2 N–H and O–H groups in total. The van der Waals surface area contributed by atoms with E-state index < -0.39 is 23.4 Å². The summed E-state index contributed by atoms with van der Waals surface area (Å²) in [5, 5.41) is 5.44. The van der Waals surface area contributed by atoms with E-state index in [1.54, 1.807) is 31.2 Å². The molecule has 2 aliphatic heterocycles. The number of ether oxygens (including phenoxy) is 2. The molecule has 2 aliphatic rings. The second-order valence-corrected chi connectivity index (χ2v) is 7.65. The number of urea groups is 1. The Morgan fingerprint density at radius 3 is 2.53 bits per heavy atom. The number of nitrogens with one attached hydrogen (secondary N) is 2. The summed E-state index contributed by atoms with van der Waals surface area (Å²) in [6.45, 7) is 6.03. The maximum Gasteiger partial charge on any atom is 0.325 e. The lowest BCUT2D eigenvalue weighted by Crippen LogP contribution is -2.42. The fraction of sp³-hybridized carbons (Fsp3) is 0.318. The number of nitrogens with zero attached hydrogens (tertiary/aromatic N) is 1. The zero-order valence-electron chi connectivity index (χ0n) is 17.1. The van der Waals surface area contributed by atoms with Gasteiger partial charge in [-0.2, -0.15) is 0 Å². The minimum atomic E-state index is -1.30. The van der Waals surface area contributed by atoms with E-state index in [2.05, 4.69) is 10.6 Å². The van der Waals surface area contributed by atoms with Gasteiger partial charge in [-0.1, -0.05) is 12.1 Å². The highest BCUT2D eigenvalue weighted by Crippen LogP contribution is 2.36. The van der Waals surface area contributed by atoms with Gasteiger partial charge in [0.2, 0.25) is 5.91 Å². The molecule has 4 amide bonds. The molecule has 0 bridgehead atoms. The number of carbonyl (C=O) groups excluding carboxylic acids is 3. The fourth-order valence-corrected chi connectivity index (χ4v) is 3.55. The van der Waals surface area contributed by atoms with E-state index in [4.69, 9.17) is 9.47 Å². The molecule has 8 heteroatoms. The zero-order chi connectivity index (χ0) is 21.5. The Kier molecular flexibility index (Phi) is 4.85. The third kappa shape index (κ3) is 3.45. The molecule has 2 heterocycles. The third-order valence-electron chi connectivity index (χ3n) is 5.49. The lowest BCUT2D eigenvalue weighted by molar-refractivity contribution is -0.133. The summed E-state index contributed by atoms with van der Waals surface area (Å²) in [6.07, 6.45) is 0. The van der Waals surface area contributed by atoms with Crippen molar-refractivity contribution in [3.05, 3.63) is 53.1 Å². The summed E-state index contributed by atoms with van der Waals surface area (Å²) in [6, 6.07) is 10.0. The van der Waals surface area contributed by atoms with Crippen LogP contribution in [-0.2, 0) is 15.1 Å². The molecule has 8 nitrogen and oxygen atoms in total. The number of benzene rings is 2. The van der Waals surface area contributed by atoms with Crippen LogP contribution in [0.5, 0.6) is 11.5 Å². The van der Waals surface area contributed by atoms with Crippen molar-refractivity contribution in [3.8, 4) is 11.5 Å². The van der Waals surface area contributed by atoms with E-state index in [-0.39, 0.29) is 6.54 Å². The van der Waals surface area contributed by atoms with Crippen molar-refractivity contribution in [2.45, 2.75) is 26.3 Å². The Balaban J connectivity index is 1.50. The number of anilines is 1. The molecule has 0 saturated carbocycles. The largest absolute Gasteiger partial charge is 0.486 e. The Hall–Kier alpha value is -3.55. The first-order valence-corrected chi connectivity index (χ1v) is 9.69. The van der Waals surface area contributed by atoms with Crippen LogP contribution in [-0.4, -0.2) is 42.5 Å². The van der Waals surface area contributed by atoms with E-state index in [0.717, 1.165) is 16.0 Å². The summed E-state index contributed by atoms with van der Waals surface area (Å²) in [5.41, 5.74) is 2.02. The minimum absolute atomic E-state index is 0.377. The van der Waals surface area contributed by atoms with Crippen LogP contribution in [0.15, 0.2) is 36.4 Å². The van der Waals surface area contributed by atoms with Gasteiger partial charge in [0.15, 0.2) is 11.5 Å². The molecule has 30 heavy (non-hydrogen) atoms. The number of hydrogen-bond donors (Lipinski definition) is 2. The molecule has 1 unspecified atom stereocenters. The normalized spacial score (nSPS) is 20.2. The molecule has 1 atom stereocenters. The molecule has 0 radical (unpaired) electrons. The van der Waals surface area contributed by atoms with Crippen molar-refractivity contribution in [3.63, 3.8) is 0 Å². The van der Waals surface area contributed by atoms with Gasteiger partial charge >= 0.3 is 6.03 Å². The molecule has 0 aromatic heterocycles. The van der Waals surface area contributed by atoms with Gasteiger partial charge in [-0.15, -0.1) is 0 Å². The van der Waals surface area contributed by atoms with E-state index in [1.165, 1.54) is 0 Å². The Morgan fingerprint density at radius 2 is 1.80 bits per heavy atom. The first-order chi connectivity index (χ1) is 14.3. The average Bonchev–Trinajstić information content (AvgIpc) is 2.94. The summed E-state index contributed by atoms with van der Waals surface area (Å²) in [5.74, 6) is 0.163. The predicted octanol–water partition coefficient (Wildman–Crippen LogP) is 2.48. The van der Waals surface area contributed by atoms with Gasteiger partial charge in [-0.3, -0.25) is 14.5 Å². The third-order valence-corrected chi connectivity index (χ3v) is 5.49. The summed E-state index contributed by atoms with van der Waals surface area (Å²) in [4.78, 5) is 39.0. The molecule has 156 valence electrons. The second-order valence-electron chi connectivity index (χ2n) is 7.65. The number of amides is 4. The van der Waals surface area contributed by atoms with Crippen molar-refractivity contribution in [1.82, 2.24) is 10.2 Å². The van der Waals surface area contributed by atoms with Crippen LogP contribution in [0.3, 0.4) is 0 Å². The zero-order valence-corrected chi connectivity index (χ0v) is 17.1. The van der Waals surface area contributed by atoms with Crippen molar-refractivity contribution in [2.75, 3.05) is 25.1 Å². The Bertz CT molecular complexity index is 1050. The first kappa shape index (κ1) is 19.8. The maximum absolute atomic E-state index is 13.1. The lowest BCUT2D eigenvalue weighted by Gasteiger charge is -2.25. The number of aryl methyl sites for hydroxylation is 2. The first-order valence-electron chi connectivity index (χ1n) is 9.69. The monoisotopic (exact) mass is 409 g/mol. The van der Waals surface area contributed by atoms with Crippen molar-refractivity contribution >= 4 is 23.5 Å². The molecule has 4 rings (SSSR count). The molecule has 0 spiro atoms. The van der Waals surface area contributed by atoms with Crippen LogP contribution in [0, 0.1) is 13.8 Å². The smallest absolute Gasteiger partial charge is 0.325 e. The highest BCUT2D eigenvalue weighted by molar-refractivity contribution is 6.10. The topological polar surface area (TPSA) is 97.0 Å². The van der Waals surface area contributed by atoms with Gasteiger partial charge in [0, 0.05) is 5.69 Å². The highest BCUT2D eigenvalue weighted by Gasteiger charge is 2.49. The van der Waals surface area contributed by atoms with E-state index in [9.17, 15) is 14.4 Å². The van der Waals surface area contributed by atoms with E-state index >= 15 is 0 Å². The highest BCUT2D eigenvalue weighted by atomic mass is 16.6. The summed E-state index contributed by atoms with van der Waals surface area (Å²) in [7, 11) is 0. The number of imide groups is 1. The van der Waals surface area contributed by atoms with Crippen LogP contribution in [0.4, 0.5) is 10.5 Å². The van der Waals surface area contributed by atoms with Gasteiger partial charge in [-0.25, -0.2) is 4.79 Å². The van der Waals surface area contributed by atoms with Crippen molar-refractivity contribution in [1.29, 1.82) is 0 Å². The van der Waals surface area contributed by atoms with Crippen LogP contribution >= 0.6 is 0 Å². The van der Waals surface area contributed by atoms with E-state index in [0.29, 0.717) is 36.0 Å². The Morgan fingerprint density at radius 1 is 1.07 bits per heavy atom. The SMILES string of the molecule is Cc1ccc(NC(=O)CN2C(=O)NC(C)(c3ccc4c(c3)OCCO4)C2=O)cc1C. The molecule has 2 aromatic carbocycles. The van der Waals surface area contributed by atoms with Crippen LogP contribution < -0.4 is 20.1 Å². The van der Waals surface area contributed by atoms with Gasteiger partial charge in [0.25, 0.3) is 5.91 Å². The number of rotatable bonds is 4. The quantitative estimate of drug-likeness (QED) is 0.757. The second kappa shape index (κ2) is 7.37. The maximum atomic E-state index is 13.1. The predicted molar refractivity (Wildman–Crippen MR) is 110 cm³/mol. The van der Waals surface area contributed by atoms with Gasteiger partial charge < -0.3 is 20.1 Å². The number of hydrogen-bond acceptors (Lipinski definition) is 5. The fourth-order valence-electron chi connectivity index (χ4n) is 3.55. The van der Waals surface area contributed by atoms with Gasteiger partial charge in [-0.05, 0) is 61.7 Å². The summed E-state index contributed by atoms with van der Waals surface area (Å²) < 4.78 is 11.1. The molecule has 1 saturated heterocycles. The molecule has 1 fully saturated rings. The van der Waals surface area contributed by atoms with Crippen LogP contribution in [0.2, 0.25) is 0 Å². The molecule has 0 aliphatic carbocycles. The summed E-state index contributed by atoms with van der Waals surface area (Å²) >= 11 is 0. The standard InChI is InChI=1S/C22H23N3O5/c1-13-4-6-16(10-14(13)2)23-19(26)12-25-20(27)22(3,24-21(25)28)15-5-7-17-18(11-15)30-9-8-29-17/h4-7,10-11H,8-9,12H2,1-3H3,(H,23,26)(H,24,28). The Labute approximate surface area is 174 Å². The molecular formula is C22H23N3O5. The lowest BCUT2D eigenvalue weighted by atomic mass is 9.91. The molecular weight excluding hydrogens is 386 g/mol. The molecule has 2 aromatic rings. The minimum Gasteiger partial charge on any atom is -0.486 e. The van der Waals surface area contributed by atoms with Crippen LogP contribution in [0.25, 0.3) is 0 Å². The van der Waals surface area contributed by atoms with Gasteiger partial charge in [0.1, 0.15) is 25.3 Å². The number of carbonyl (C=O) groups is 3. The van der Waals surface area contributed by atoms with Gasteiger partial charge in [0.05, 0.1) is 0 Å². The average molecular weight is 409 g/mol. The van der Waals surface area contributed by atoms with Crippen LogP contribution in [0.1, 0.15) is 23.6 Å². The number of fused-ring (bicyclic) bond motifs is 1. The van der Waals surface area contributed by atoms with E-state index in [1.807, 2.05) is 26.0 Å².